The lowest BCUT2D eigenvalue weighted by Crippen LogP contribution is -2.17. The molecule has 0 atom stereocenters. The van der Waals surface area contributed by atoms with Gasteiger partial charge in [-0.2, -0.15) is 5.10 Å². The molecule has 0 aromatic carbocycles. The first-order valence-corrected chi connectivity index (χ1v) is 7.06. The summed E-state index contributed by atoms with van der Waals surface area (Å²) in [6.07, 6.45) is 5.05. The Hall–Kier alpha value is -2.14. The van der Waals surface area contributed by atoms with E-state index in [1.807, 2.05) is 44.4 Å². The molecule has 0 aliphatic heterocycles. The van der Waals surface area contributed by atoms with Gasteiger partial charge in [0.1, 0.15) is 5.76 Å². The molecule has 1 N–H and O–H groups in total. The predicted octanol–water partition coefficient (Wildman–Crippen LogP) is 3.78. The topological polar surface area (TPSA) is 54.6 Å². The number of rotatable bonds is 4. The highest BCUT2D eigenvalue weighted by Crippen LogP contribution is 2.20. The van der Waals surface area contributed by atoms with Crippen molar-refractivity contribution in [3.05, 3.63) is 51.1 Å². The van der Waals surface area contributed by atoms with Crippen LogP contribution >= 0.6 is 11.3 Å². The number of nitrogens with zero attached hydrogens (tertiary/aromatic N) is 1. The molecule has 2 rings (SSSR count). The predicted molar refractivity (Wildman–Crippen MR) is 82.1 cm³/mol. The maximum atomic E-state index is 11.9. The Labute approximate surface area is 121 Å². The molecule has 0 fully saturated rings. The first kappa shape index (κ1) is 14.3. The van der Waals surface area contributed by atoms with Crippen molar-refractivity contribution >= 4 is 29.5 Å². The number of allylic oxidation sites excluding steroid dienone is 1. The summed E-state index contributed by atoms with van der Waals surface area (Å²) in [5.74, 6) is 0.568. The van der Waals surface area contributed by atoms with Crippen molar-refractivity contribution in [2.75, 3.05) is 0 Å². The molecule has 0 unspecified atom stereocenters. The van der Waals surface area contributed by atoms with Crippen LogP contribution in [0, 0.1) is 13.8 Å². The van der Waals surface area contributed by atoms with Crippen molar-refractivity contribution in [3.8, 4) is 0 Å². The van der Waals surface area contributed by atoms with Crippen LogP contribution in [0.3, 0.4) is 0 Å². The van der Waals surface area contributed by atoms with Gasteiger partial charge in [0.25, 0.3) is 5.91 Å². The summed E-state index contributed by atoms with van der Waals surface area (Å²) < 4.78 is 5.20. The van der Waals surface area contributed by atoms with Crippen LogP contribution in [-0.4, -0.2) is 12.1 Å². The summed E-state index contributed by atoms with van der Waals surface area (Å²) in [5, 5.41) is 5.80. The fourth-order valence-electron chi connectivity index (χ4n) is 1.63. The average molecular weight is 288 g/mol. The van der Waals surface area contributed by atoms with E-state index < -0.39 is 0 Å². The number of carbonyl (C=O) groups excluding carboxylic acids is 1. The van der Waals surface area contributed by atoms with Gasteiger partial charge in [-0.05, 0) is 50.1 Å². The highest BCUT2D eigenvalue weighted by Gasteiger charge is 2.11. The van der Waals surface area contributed by atoms with Gasteiger partial charge in [-0.25, -0.2) is 5.43 Å². The molecule has 20 heavy (non-hydrogen) atoms. The molecule has 0 radical (unpaired) electrons. The van der Waals surface area contributed by atoms with Crippen molar-refractivity contribution < 1.29 is 9.21 Å². The molecule has 0 saturated heterocycles. The second-order valence-electron chi connectivity index (χ2n) is 4.43. The number of thiophene rings is 1. The lowest BCUT2D eigenvalue weighted by molar-refractivity contribution is 0.0955. The number of amides is 1. The van der Waals surface area contributed by atoms with E-state index in [2.05, 4.69) is 10.5 Å². The van der Waals surface area contributed by atoms with Crippen LogP contribution in [0.1, 0.15) is 33.5 Å². The fourth-order valence-corrected chi connectivity index (χ4v) is 2.49. The third-order valence-electron chi connectivity index (χ3n) is 2.88. The minimum atomic E-state index is -0.186. The summed E-state index contributed by atoms with van der Waals surface area (Å²) >= 11 is 1.57. The second kappa shape index (κ2) is 6.34. The minimum Gasteiger partial charge on any atom is -0.465 e. The number of hydrazone groups is 1. The molecule has 1 amide bonds. The van der Waals surface area contributed by atoms with Gasteiger partial charge >= 0.3 is 0 Å². The highest BCUT2D eigenvalue weighted by atomic mass is 32.1. The van der Waals surface area contributed by atoms with Crippen LogP contribution in [-0.2, 0) is 0 Å². The van der Waals surface area contributed by atoms with Crippen LogP contribution in [0.25, 0.3) is 6.08 Å². The Bertz CT molecular complexity index is 651. The zero-order chi connectivity index (χ0) is 14.5. The average Bonchev–Trinajstić information content (AvgIpc) is 3.01. The van der Waals surface area contributed by atoms with Crippen LogP contribution < -0.4 is 5.43 Å². The van der Waals surface area contributed by atoms with Gasteiger partial charge in [-0.15, -0.1) is 11.3 Å². The van der Waals surface area contributed by atoms with Crippen LogP contribution in [0.15, 0.2) is 38.9 Å². The van der Waals surface area contributed by atoms with Crippen molar-refractivity contribution in [1.29, 1.82) is 0 Å². The first-order valence-electron chi connectivity index (χ1n) is 6.18. The molecule has 0 aliphatic carbocycles. The van der Waals surface area contributed by atoms with E-state index in [1.54, 1.807) is 23.8 Å². The number of carbonyl (C=O) groups is 1. The smallest absolute Gasteiger partial charge is 0.272 e. The zero-order valence-corrected chi connectivity index (χ0v) is 12.5. The highest BCUT2D eigenvalue weighted by molar-refractivity contribution is 7.10. The number of furan rings is 1. The van der Waals surface area contributed by atoms with Gasteiger partial charge in [-0.3, -0.25) is 4.79 Å². The Morgan fingerprint density at radius 1 is 1.45 bits per heavy atom. The molecule has 2 aromatic rings. The number of aryl methyl sites for hydroxylation is 1. The van der Waals surface area contributed by atoms with Gasteiger partial charge in [0.15, 0.2) is 0 Å². The molecular formula is C15H16N2O2S. The minimum absolute atomic E-state index is 0.186. The molecule has 104 valence electrons. The SMILES string of the molecule is C/C(C=NNC(=O)c1csc(C)c1C)=C/c1ccco1. The van der Waals surface area contributed by atoms with E-state index >= 15 is 0 Å². The van der Waals surface area contributed by atoms with Gasteiger partial charge in [0.05, 0.1) is 18.0 Å². The lowest BCUT2D eigenvalue weighted by Gasteiger charge is -1.99. The van der Waals surface area contributed by atoms with Crippen LogP contribution in [0.5, 0.6) is 0 Å². The molecule has 0 saturated carbocycles. The molecule has 2 aromatic heterocycles. The fraction of sp³-hybridized carbons (Fsp3) is 0.200. The summed E-state index contributed by atoms with van der Waals surface area (Å²) in [5.41, 5.74) is 5.10. The third-order valence-corrected chi connectivity index (χ3v) is 3.89. The van der Waals surface area contributed by atoms with E-state index in [0.717, 1.165) is 21.8 Å². The summed E-state index contributed by atoms with van der Waals surface area (Å²) in [7, 11) is 0. The number of hydrogen-bond acceptors (Lipinski definition) is 4. The molecule has 5 heteroatoms. The first-order chi connectivity index (χ1) is 9.58. The molecule has 2 heterocycles. The van der Waals surface area contributed by atoms with E-state index in [-0.39, 0.29) is 5.91 Å². The summed E-state index contributed by atoms with van der Waals surface area (Å²) in [6.45, 7) is 5.82. The van der Waals surface area contributed by atoms with Gasteiger partial charge in [-0.1, -0.05) is 0 Å². The third kappa shape index (κ3) is 3.45. The zero-order valence-electron chi connectivity index (χ0n) is 11.6. The molecule has 0 aliphatic rings. The van der Waals surface area contributed by atoms with Crippen molar-refractivity contribution in [2.24, 2.45) is 5.10 Å². The normalized spacial score (nSPS) is 12.1. The lowest BCUT2D eigenvalue weighted by atomic mass is 10.2. The number of nitrogens with one attached hydrogen (secondary N) is 1. The van der Waals surface area contributed by atoms with Crippen molar-refractivity contribution in [2.45, 2.75) is 20.8 Å². The van der Waals surface area contributed by atoms with E-state index in [1.165, 1.54) is 0 Å². The Morgan fingerprint density at radius 2 is 2.25 bits per heavy atom. The Morgan fingerprint density at radius 3 is 2.85 bits per heavy atom. The van der Waals surface area contributed by atoms with Crippen LogP contribution in [0.2, 0.25) is 0 Å². The Kier molecular flexibility index (Phi) is 4.53. The molecule has 4 nitrogen and oxygen atoms in total. The molecular weight excluding hydrogens is 272 g/mol. The van der Waals surface area contributed by atoms with Gasteiger partial charge in [0.2, 0.25) is 0 Å². The maximum Gasteiger partial charge on any atom is 0.272 e. The van der Waals surface area contributed by atoms with Gasteiger partial charge < -0.3 is 4.42 Å². The van der Waals surface area contributed by atoms with Crippen LogP contribution in [0.4, 0.5) is 0 Å². The van der Waals surface area contributed by atoms with E-state index in [4.69, 9.17) is 4.42 Å². The summed E-state index contributed by atoms with van der Waals surface area (Å²) in [6, 6.07) is 3.67. The monoisotopic (exact) mass is 288 g/mol. The quantitative estimate of drug-likeness (QED) is 0.687. The standard InChI is InChI=1S/C15H16N2O2S/c1-10(7-13-5-4-6-19-13)8-16-17-15(18)14-9-20-12(3)11(14)2/h4-9H,1-3H3,(H,17,18)/b10-7-,16-8?. The van der Waals surface area contributed by atoms with Crippen molar-refractivity contribution in [3.63, 3.8) is 0 Å². The Balaban J connectivity index is 1.96. The maximum absolute atomic E-state index is 11.9. The van der Waals surface area contributed by atoms with Gasteiger partial charge in [0, 0.05) is 10.3 Å². The molecule has 0 bridgehead atoms. The molecule has 0 spiro atoms. The second-order valence-corrected chi connectivity index (χ2v) is 5.52. The summed E-state index contributed by atoms with van der Waals surface area (Å²) in [4.78, 5) is 13.1. The van der Waals surface area contributed by atoms with Crippen molar-refractivity contribution in [1.82, 2.24) is 5.43 Å². The number of hydrogen-bond donors (Lipinski definition) is 1. The van der Waals surface area contributed by atoms with E-state index in [9.17, 15) is 4.79 Å². The van der Waals surface area contributed by atoms with E-state index in [0.29, 0.717) is 5.56 Å². The largest absolute Gasteiger partial charge is 0.465 e.